The molecule has 5 nitrogen and oxygen atoms in total. The first-order chi connectivity index (χ1) is 10.1. The third-order valence-electron chi connectivity index (χ3n) is 2.86. The zero-order valence-corrected chi connectivity index (χ0v) is 12.0. The Morgan fingerprint density at radius 3 is 2.90 bits per heavy atom. The molecule has 0 aliphatic carbocycles. The van der Waals surface area contributed by atoms with Crippen LogP contribution in [0.4, 0.5) is 0 Å². The summed E-state index contributed by atoms with van der Waals surface area (Å²) >= 11 is 0. The van der Waals surface area contributed by atoms with E-state index in [-0.39, 0.29) is 18.2 Å². The number of aromatic nitrogens is 2. The van der Waals surface area contributed by atoms with Crippen molar-refractivity contribution in [2.75, 3.05) is 13.7 Å². The van der Waals surface area contributed by atoms with Crippen LogP contribution in [-0.2, 0) is 6.54 Å². The van der Waals surface area contributed by atoms with E-state index < -0.39 is 0 Å². The van der Waals surface area contributed by atoms with Crippen LogP contribution in [0.3, 0.4) is 0 Å². The van der Waals surface area contributed by atoms with E-state index in [9.17, 15) is 4.79 Å². The van der Waals surface area contributed by atoms with Crippen LogP contribution in [0.25, 0.3) is 0 Å². The Morgan fingerprint density at radius 1 is 1.38 bits per heavy atom. The van der Waals surface area contributed by atoms with E-state index in [1.54, 1.807) is 6.92 Å². The summed E-state index contributed by atoms with van der Waals surface area (Å²) in [7, 11) is 1.49. The number of nitrogens with zero attached hydrogens (tertiary/aromatic N) is 2. The van der Waals surface area contributed by atoms with E-state index in [2.05, 4.69) is 16.8 Å². The fourth-order valence-electron chi connectivity index (χ4n) is 1.97. The van der Waals surface area contributed by atoms with Crippen molar-refractivity contribution in [2.45, 2.75) is 13.5 Å². The molecule has 0 saturated carbocycles. The number of methoxy groups -OCH3 is 1. The lowest BCUT2D eigenvalue weighted by Crippen LogP contribution is -2.23. The van der Waals surface area contributed by atoms with E-state index in [0.717, 1.165) is 11.1 Å². The first kappa shape index (κ1) is 14.8. The van der Waals surface area contributed by atoms with Crippen LogP contribution >= 0.6 is 0 Å². The van der Waals surface area contributed by atoms with Gasteiger partial charge in [0.1, 0.15) is 6.61 Å². The van der Waals surface area contributed by atoms with Gasteiger partial charge in [0.05, 0.1) is 13.7 Å². The molecule has 1 heterocycles. The molecule has 0 spiro atoms. The number of aliphatic hydroxyl groups excluding tert-OH is 1. The van der Waals surface area contributed by atoms with Gasteiger partial charge < -0.3 is 9.84 Å². The second-order valence-corrected chi connectivity index (χ2v) is 4.47. The molecule has 0 aliphatic rings. The predicted octanol–water partition coefficient (Wildman–Crippen LogP) is 0.952. The minimum absolute atomic E-state index is 0.161. The van der Waals surface area contributed by atoms with E-state index in [0.29, 0.717) is 12.2 Å². The molecule has 0 bridgehead atoms. The molecule has 0 unspecified atom stereocenters. The number of ether oxygens (including phenoxy) is 1. The van der Waals surface area contributed by atoms with E-state index in [1.165, 1.54) is 17.7 Å². The maximum atomic E-state index is 12.1. The third kappa shape index (κ3) is 3.71. The number of benzene rings is 1. The molecular formula is C16H16N2O3. The van der Waals surface area contributed by atoms with Crippen molar-refractivity contribution in [2.24, 2.45) is 0 Å². The SMILES string of the molecule is COc1nc(C)cc(=O)n1Cc1cccc(C#CCO)c1. The Hall–Kier alpha value is -2.58. The molecule has 0 aliphatic heterocycles. The van der Waals surface area contributed by atoms with Gasteiger partial charge in [-0.05, 0) is 24.6 Å². The van der Waals surface area contributed by atoms with Crippen LogP contribution in [0, 0.1) is 18.8 Å². The fraction of sp³-hybridized carbons (Fsp3) is 0.250. The number of hydrogen-bond acceptors (Lipinski definition) is 4. The molecule has 2 aromatic rings. The van der Waals surface area contributed by atoms with Gasteiger partial charge in [0.25, 0.3) is 11.6 Å². The van der Waals surface area contributed by atoms with Crippen LogP contribution in [0.2, 0.25) is 0 Å². The normalized spacial score (nSPS) is 9.86. The molecule has 1 aromatic heterocycles. The monoisotopic (exact) mass is 284 g/mol. The van der Waals surface area contributed by atoms with Gasteiger partial charge in [-0.1, -0.05) is 24.0 Å². The predicted molar refractivity (Wildman–Crippen MR) is 79.3 cm³/mol. The smallest absolute Gasteiger partial charge is 0.299 e. The third-order valence-corrected chi connectivity index (χ3v) is 2.86. The van der Waals surface area contributed by atoms with Crippen LogP contribution in [-0.4, -0.2) is 28.4 Å². The highest BCUT2D eigenvalue weighted by Crippen LogP contribution is 2.10. The lowest BCUT2D eigenvalue weighted by molar-refractivity contribution is 0.350. The van der Waals surface area contributed by atoms with Crippen LogP contribution < -0.4 is 10.3 Å². The Labute approximate surface area is 122 Å². The van der Waals surface area contributed by atoms with Gasteiger partial charge in [-0.2, -0.15) is 0 Å². The Balaban J connectivity index is 2.36. The van der Waals surface area contributed by atoms with Crippen LogP contribution in [0.1, 0.15) is 16.8 Å². The van der Waals surface area contributed by atoms with Gasteiger partial charge in [0, 0.05) is 17.3 Å². The minimum Gasteiger partial charge on any atom is -0.468 e. The zero-order chi connectivity index (χ0) is 15.2. The lowest BCUT2D eigenvalue weighted by Gasteiger charge is -2.11. The summed E-state index contributed by atoms with van der Waals surface area (Å²) in [5.74, 6) is 5.44. The van der Waals surface area contributed by atoms with Gasteiger partial charge >= 0.3 is 0 Å². The van der Waals surface area contributed by atoms with Gasteiger partial charge in [0.15, 0.2) is 0 Å². The van der Waals surface area contributed by atoms with E-state index >= 15 is 0 Å². The quantitative estimate of drug-likeness (QED) is 0.852. The summed E-state index contributed by atoms with van der Waals surface area (Å²) in [6, 6.07) is 9.23. The minimum atomic E-state index is -0.181. The average Bonchev–Trinajstić information content (AvgIpc) is 2.48. The first-order valence-electron chi connectivity index (χ1n) is 6.45. The molecule has 0 atom stereocenters. The maximum absolute atomic E-state index is 12.1. The molecular weight excluding hydrogens is 268 g/mol. The van der Waals surface area contributed by atoms with E-state index in [1.807, 2.05) is 24.3 Å². The Kier molecular flexibility index (Phi) is 4.75. The number of aryl methyl sites for hydroxylation is 1. The number of hydrogen-bond donors (Lipinski definition) is 1. The molecule has 0 fully saturated rings. The summed E-state index contributed by atoms with van der Waals surface area (Å²) in [4.78, 5) is 16.3. The Morgan fingerprint density at radius 2 is 2.19 bits per heavy atom. The summed E-state index contributed by atoms with van der Waals surface area (Å²) in [6.07, 6.45) is 0. The molecule has 0 amide bonds. The number of aliphatic hydroxyl groups is 1. The standard InChI is InChI=1S/C16H16N2O3/c1-12-9-15(20)18(16(17-12)21-2)11-14-6-3-5-13(10-14)7-4-8-19/h3,5-6,9-10,19H,8,11H2,1-2H3. The van der Waals surface area contributed by atoms with Crippen molar-refractivity contribution >= 4 is 0 Å². The first-order valence-corrected chi connectivity index (χ1v) is 6.45. The van der Waals surface area contributed by atoms with Gasteiger partial charge in [-0.3, -0.25) is 9.36 Å². The van der Waals surface area contributed by atoms with Gasteiger partial charge in [0.2, 0.25) is 0 Å². The van der Waals surface area contributed by atoms with Crippen LogP contribution in [0.15, 0.2) is 35.1 Å². The number of rotatable bonds is 3. The van der Waals surface area contributed by atoms with Crippen molar-refractivity contribution in [3.05, 3.63) is 57.5 Å². The Bertz CT molecular complexity index is 754. The molecule has 108 valence electrons. The summed E-state index contributed by atoms with van der Waals surface area (Å²) in [5, 5.41) is 8.72. The van der Waals surface area contributed by atoms with Crippen molar-refractivity contribution in [3.63, 3.8) is 0 Å². The van der Waals surface area contributed by atoms with Crippen molar-refractivity contribution in [3.8, 4) is 17.9 Å². The second kappa shape index (κ2) is 6.73. The molecule has 1 aromatic carbocycles. The summed E-state index contributed by atoms with van der Waals surface area (Å²) < 4.78 is 6.63. The molecule has 0 radical (unpaired) electrons. The molecule has 2 rings (SSSR count). The van der Waals surface area contributed by atoms with E-state index in [4.69, 9.17) is 9.84 Å². The average molecular weight is 284 g/mol. The van der Waals surface area contributed by atoms with Gasteiger partial charge in [-0.25, -0.2) is 4.98 Å². The summed E-state index contributed by atoms with van der Waals surface area (Å²) in [6.45, 7) is 1.92. The highest BCUT2D eigenvalue weighted by atomic mass is 16.5. The zero-order valence-electron chi connectivity index (χ0n) is 12.0. The van der Waals surface area contributed by atoms with Gasteiger partial charge in [-0.15, -0.1) is 0 Å². The lowest BCUT2D eigenvalue weighted by atomic mass is 10.1. The second-order valence-electron chi connectivity index (χ2n) is 4.47. The topological polar surface area (TPSA) is 64.3 Å². The van der Waals surface area contributed by atoms with Crippen molar-refractivity contribution < 1.29 is 9.84 Å². The molecule has 0 saturated heterocycles. The summed E-state index contributed by atoms with van der Waals surface area (Å²) in [5.41, 5.74) is 2.15. The van der Waals surface area contributed by atoms with Crippen molar-refractivity contribution in [1.29, 1.82) is 0 Å². The maximum Gasteiger partial charge on any atom is 0.299 e. The molecule has 5 heteroatoms. The highest BCUT2D eigenvalue weighted by Gasteiger charge is 2.08. The largest absolute Gasteiger partial charge is 0.468 e. The highest BCUT2D eigenvalue weighted by molar-refractivity contribution is 5.37. The molecule has 1 N–H and O–H groups in total. The van der Waals surface area contributed by atoms with Crippen LogP contribution in [0.5, 0.6) is 6.01 Å². The van der Waals surface area contributed by atoms with Crippen molar-refractivity contribution in [1.82, 2.24) is 9.55 Å². The molecule has 21 heavy (non-hydrogen) atoms. The fourth-order valence-corrected chi connectivity index (χ4v) is 1.97.